The molecular formula is C15H11F2N3O2S. The van der Waals surface area contributed by atoms with Crippen LogP contribution >= 0.6 is 11.9 Å². The molecule has 1 atom stereocenters. The second-order valence-electron chi connectivity index (χ2n) is 5.04. The van der Waals surface area contributed by atoms with Gasteiger partial charge in [-0.25, -0.2) is 8.78 Å². The van der Waals surface area contributed by atoms with Crippen LogP contribution in [0.5, 0.6) is 11.5 Å². The molecule has 1 aromatic carbocycles. The van der Waals surface area contributed by atoms with Crippen molar-refractivity contribution in [2.45, 2.75) is 23.3 Å². The van der Waals surface area contributed by atoms with Crippen LogP contribution in [0.25, 0.3) is 0 Å². The molecule has 2 aromatic rings. The molecule has 0 saturated heterocycles. The second-order valence-corrected chi connectivity index (χ2v) is 5.71. The van der Waals surface area contributed by atoms with Crippen LogP contribution in [-0.2, 0) is 6.42 Å². The van der Waals surface area contributed by atoms with E-state index >= 15 is 0 Å². The van der Waals surface area contributed by atoms with Crippen molar-refractivity contribution in [3.05, 3.63) is 47.3 Å². The van der Waals surface area contributed by atoms with E-state index < -0.39 is 18.4 Å². The summed E-state index contributed by atoms with van der Waals surface area (Å²) >= 11 is 0.795. The molecule has 0 amide bonds. The molecule has 1 heterocycles. The minimum Gasteiger partial charge on any atom is -0.455 e. The van der Waals surface area contributed by atoms with E-state index in [4.69, 9.17) is 15.1 Å². The lowest BCUT2D eigenvalue weighted by molar-refractivity contribution is -0.0976. The highest BCUT2D eigenvalue weighted by Gasteiger charge is 2.49. The Labute approximate surface area is 134 Å². The van der Waals surface area contributed by atoms with E-state index in [1.165, 1.54) is 30.6 Å². The average molecular weight is 335 g/mol. The maximum Gasteiger partial charge on any atom is 0.281 e. The topological polar surface area (TPSA) is 92.2 Å². The minimum absolute atomic E-state index is 0.0874. The first-order valence-corrected chi connectivity index (χ1v) is 7.45. The molecule has 1 aromatic heterocycles. The highest BCUT2D eigenvalue weighted by Crippen LogP contribution is 2.50. The summed E-state index contributed by atoms with van der Waals surface area (Å²) in [4.78, 5) is 4.23. The van der Waals surface area contributed by atoms with Gasteiger partial charge in [-0.15, -0.1) is 0 Å². The van der Waals surface area contributed by atoms with Gasteiger partial charge in [0.25, 0.3) is 5.92 Å². The van der Waals surface area contributed by atoms with Crippen molar-refractivity contribution in [1.29, 1.82) is 5.26 Å². The van der Waals surface area contributed by atoms with Gasteiger partial charge in [0.2, 0.25) is 0 Å². The molecule has 1 aliphatic carbocycles. The first-order valence-electron chi connectivity index (χ1n) is 6.57. The van der Waals surface area contributed by atoms with Crippen LogP contribution in [0.2, 0.25) is 0 Å². The van der Waals surface area contributed by atoms with E-state index in [9.17, 15) is 13.9 Å². The van der Waals surface area contributed by atoms with Crippen molar-refractivity contribution in [3.8, 4) is 17.6 Å². The van der Waals surface area contributed by atoms with E-state index in [1.54, 1.807) is 0 Å². The molecular weight excluding hydrogens is 324 g/mol. The largest absolute Gasteiger partial charge is 0.455 e. The second kappa shape index (κ2) is 5.77. The molecule has 0 radical (unpaired) electrons. The lowest BCUT2D eigenvalue weighted by atomic mass is 10.1. The number of hydrogen-bond donors (Lipinski definition) is 2. The van der Waals surface area contributed by atoms with Crippen molar-refractivity contribution in [1.82, 2.24) is 4.98 Å². The number of hydrogen-bond acceptors (Lipinski definition) is 6. The summed E-state index contributed by atoms with van der Waals surface area (Å²) in [5, 5.41) is 24.2. The van der Waals surface area contributed by atoms with Crippen molar-refractivity contribution < 1.29 is 18.6 Å². The Kier molecular flexibility index (Phi) is 3.93. The molecule has 3 N–H and O–H groups in total. The SMILES string of the molecule is N#Cc1cncc(Oc2ccc(SN)c3c2CC(F)(F)C3O)c1. The van der Waals surface area contributed by atoms with Crippen LogP contribution in [0, 0.1) is 11.3 Å². The Bertz CT molecular complexity index is 808. The van der Waals surface area contributed by atoms with Crippen molar-refractivity contribution in [2.75, 3.05) is 0 Å². The first-order chi connectivity index (χ1) is 11.0. The van der Waals surface area contributed by atoms with E-state index in [-0.39, 0.29) is 22.6 Å². The van der Waals surface area contributed by atoms with Crippen LogP contribution in [0.1, 0.15) is 22.8 Å². The summed E-state index contributed by atoms with van der Waals surface area (Å²) in [6.07, 6.45) is 0.181. The molecule has 5 nitrogen and oxygen atoms in total. The molecule has 0 bridgehead atoms. The molecule has 8 heteroatoms. The van der Waals surface area contributed by atoms with Crippen molar-refractivity contribution in [3.63, 3.8) is 0 Å². The number of aliphatic hydroxyl groups excluding tert-OH is 1. The lowest BCUT2D eigenvalue weighted by Crippen LogP contribution is -2.21. The van der Waals surface area contributed by atoms with Crippen LogP contribution < -0.4 is 9.88 Å². The van der Waals surface area contributed by atoms with Crippen LogP contribution in [0.3, 0.4) is 0 Å². The van der Waals surface area contributed by atoms with Gasteiger partial charge in [0.1, 0.15) is 23.7 Å². The molecule has 3 rings (SSSR count). The van der Waals surface area contributed by atoms with Crippen LogP contribution in [0.4, 0.5) is 8.78 Å². The zero-order valence-corrected chi connectivity index (χ0v) is 12.5. The summed E-state index contributed by atoms with van der Waals surface area (Å²) in [5.41, 5.74) is 0.586. The zero-order valence-electron chi connectivity index (χ0n) is 11.7. The fourth-order valence-electron chi connectivity index (χ4n) is 2.51. The summed E-state index contributed by atoms with van der Waals surface area (Å²) in [5.74, 6) is -2.84. The van der Waals surface area contributed by atoms with Gasteiger partial charge in [-0.2, -0.15) is 5.26 Å². The summed E-state index contributed by atoms with van der Waals surface area (Å²) in [7, 11) is 0. The summed E-state index contributed by atoms with van der Waals surface area (Å²) in [6.45, 7) is 0. The molecule has 0 aliphatic heterocycles. The van der Waals surface area contributed by atoms with E-state index in [1.807, 2.05) is 6.07 Å². The van der Waals surface area contributed by atoms with E-state index in [0.717, 1.165) is 11.9 Å². The van der Waals surface area contributed by atoms with E-state index in [2.05, 4.69) is 4.98 Å². The van der Waals surface area contributed by atoms with Gasteiger partial charge >= 0.3 is 0 Å². The third kappa shape index (κ3) is 2.74. The van der Waals surface area contributed by atoms with Gasteiger partial charge in [0.05, 0.1) is 11.8 Å². The molecule has 1 unspecified atom stereocenters. The predicted octanol–water partition coefficient (Wildman–Crippen LogP) is 2.94. The zero-order chi connectivity index (χ0) is 16.6. The minimum atomic E-state index is -3.28. The number of benzene rings is 1. The van der Waals surface area contributed by atoms with E-state index in [0.29, 0.717) is 10.5 Å². The summed E-state index contributed by atoms with van der Waals surface area (Å²) in [6, 6.07) is 6.41. The predicted molar refractivity (Wildman–Crippen MR) is 79.1 cm³/mol. The maximum absolute atomic E-state index is 13.9. The standard InChI is InChI=1S/C15H11F2N3O2S/c16-15(17)4-10-11(1-2-12(23-19)13(10)14(15)21)22-9-3-8(5-18)6-20-7-9/h1-3,6-7,14,21H,4,19H2. The average Bonchev–Trinajstić information content (AvgIpc) is 2.79. The number of ether oxygens (including phenoxy) is 1. The molecule has 0 fully saturated rings. The molecule has 23 heavy (non-hydrogen) atoms. The van der Waals surface area contributed by atoms with Gasteiger partial charge in [-0.1, -0.05) is 0 Å². The quantitative estimate of drug-likeness (QED) is 0.838. The van der Waals surface area contributed by atoms with Crippen LogP contribution in [-0.4, -0.2) is 16.0 Å². The number of halogens is 2. The first kappa shape index (κ1) is 15.7. The number of rotatable bonds is 3. The number of nitrogens with zero attached hydrogens (tertiary/aromatic N) is 2. The lowest BCUT2D eigenvalue weighted by Gasteiger charge is -2.15. The number of nitriles is 1. The Morgan fingerprint density at radius 1 is 1.43 bits per heavy atom. The molecule has 0 spiro atoms. The highest BCUT2D eigenvalue weighted by molar-refractivity contribution is 7.97. The Hall–Kier alpha value is -2.21. The van der Waals surface area contributed by atoms with Crippen molar-refractivity contribution >= 4 is 11.9 Å². The molecule has 1 aliphatic rings. The normalized spacial score (nSPS) is 18.3. The highest BCUT2D eigenvalue weighted by atomic mass is 32.2. The van der Waals surface area contributed by atoms with Gasteiger partial charge in [-0.3, -0.25) is 10.1 Å². The van der Waals surface area contributed by atoms with Gasteiger partial charge < -0.3 is 9.84 Å². The Morgan fingerprint density at radius 2 is 2.22 bits per heavy atom. The monoisotopic (exact) mass is 335 g/mol. The van der Waals surface area contributed by atoms with Gasteiger partial charge in [0, 0.05) is 34.7 Å². The van der Waals surface area contributed by atoms with Gasteiger partial charge in [-0.05, 0) is 24.1 Å². The number of fused-ring (bicyclic) bond motifs is 1. The fraction of sp³-hybridized carbons (Fsp3) is 0.200. The third-order valence-corrected chi connectivity index (χ3v) is 4.17. The smallest absolute Gasteiger partial charge is 0.281 e. The van der Waals surface area contributed by atoms with Gasteiger partial charge in [0.15, 0.2) is 0 Å². The Morgan fingerprint density at radius 3 is 2.91 bits per heavy atom. The van der Waals surface area contributed by atoms with Crippen LogP contribution in [0.15, 0.2) is 35.5 Å². The Balaban J connectivity index is 2.04. The molecule has 0 saturated carbocycles. The maximum atomic E-state index is 13.9. The fourth-order valence-corrected chi connectivity index (χ4v) is 3.02. The van der Waals surface area contributed by atoms with Crippen molar-refractivity contribution in [2.24, 2.45) is 5.14 Å². The number of pyridine rings is 1. The number of alkyl halides is 2. The number of aromatic nitrogens is 1. The molecule has 118 valence electrons. The summed E-state index contributed by atoms with van der Waals surface area (Å²) < 4.78 is 33.3. The number of nitrogens with two attached hydrogens (primary N) is 1. The third-order valence-electron chi connectivity index (χ3n) is 3.56. The number of aliphatic hydroxyl groups is 1.